The van der Waals surface area contributed by atoms with Gasteiger partial charge in [0.2, 0.25) is 0 Å². The van der Waals surface area contributed by atoms with Crippen molar-refractivity contribution in [1.29, 1.82) is 0 Å². The Bertz CT molecular complexity index is 579. The quantitative estimate of drug-likeness (QED) is 0.858. The number of hydrogen-bond donors (Lipinski definition) is 2. The van der Waals surface area contributed by atoms with Crippen LogP contribution in [0.4, 0.5) is 0 Å². The zero-order chi connectivity index (χ0) is 15.2. The lowest BCUT2D eigenvalue weighted by Crippen LogP contribution is -2.31. The van der Waals surface area contributed by atoms with Crippen molar-refractivity contribution in [3.05, 3.63) is 47.8 Å². The van der Waals surface area contributed by atoms with Crippen LogP contribution in [0, 0.1) is 0 Å². The van der Waals surface area contributed by atoms with Crippen molar-refractivity contribution < 1.29 is 9.53 Å². The normalized spacial score (nSPS) is 12.2. The molecule has 0 radical (unpaired) electrons. The first kappa shape index (κ1) is 15.1. The minimum absolute atomic E-state index is 0.00371. The maximum atomic E-state index is 11.9. The van der Waals surface area contributed by atoms with Crippen molar-refractivity contribution in [2.24, 2.45) is 0 Å². The van der Waals surface area contributed by atoms with Crippen LogP contribution in [0.1, 0.15) is 43.9 Å². The number of aromatic nitrogens is 2. The van der Waals surface area contributed by atoms with E-state index in [9.17, 15) is 4.79 Å². The van der Waals surface area contributed by atoms with E-state index in [0.717, 1.165) is 5.56 Å². The average Bonchev–Trinajstić information content (AvgIpc) is 2.99. The van der Waals surface area contributed by atoms with E-state index in [1.165, 1.54) is 5.56 Å². The molecular weight excluding hydrogens is 266 g/mol. The molecule has 0 aliphatic rings. The maximum Gasteiger partial charge on any atom is 0.258 e. The number of carbonyl (C=O) groups excluding carboxylic acids is 1. The molecule has 1 amide bonds. The molecule has 112 valence electrons. The summed E-state index contributed by atoms with van der Waals surface area (Å²) in [5, 5.41) is 9.45. The van der Waals surface area contributed by atoms with E-state index in [0.29, 0.717) is 11.7 Å². The summed E-state index contributed by atoms with van der Waals surface area (Å²) >= 11 is 0. The molecule has 1 unspecified atom stereocenters. The Kier molecular flexibility index (Phi) is 4.98. The Morgan fingerprint density at radius 2 is 2.14 bits per heavy atom. The van der Waals surface area contributed by atoms with Crippen LogP contribution in [-0.4, -0.2) is 22.7 Å². The second-order valence-electron chi connectivity index (χ2n) is 5.34. The third-order valence-corrected chi connectivity index (χ3v) is 3.29. The lowest BCUT2D eigenvalue weighted by molar-refractivity contribution is -0.123. The number of carbonyl (C=O) groups is 1. The van der Waals surface area contributed by atoms with E-state index in [2.05, 4.69) is 35.4 Å². The molecule has 0 spiro atoms. The molecule has 21 heavy (non-hydrogen) atoms. The van der Waals surface area contributed by atoms with Gasteiger partial charge in [0.05, 0.1) is 12.2 Å². The van der Waals surface area contributed by atoms with Gasteiger partial charge in [0.1, 0.15) is 5.75 Å². The lowest BCUT2D eigenvalue weighted by Gasteiger charge is -2.13. The summed E-state index contributed by atoms with van der Waals surface area (Å²) in [4.78, 5) is 11.9. The summed E-state index contributed by atoms with van der Waals surface area (Å²) < 4.78 is 5.54. The van der Waals surface area contributed by atoms with Crippen LogP contribution in [-0.2, 0) is 4.79 Å². The smallest absolute Gasteiger partial charge is 0.258 e. The molecule has 2 rings (SSSR count). The number of benzene rings is 1. The second kappa shape index (κ2) is 6.92. The van der Waals surface area contributed by atoms with E-state index in [-0.39, 0.29) is 18.6 Å². The van der Waals surface area contributed by atoms with Crippen molar-refractivity contribution in [3.8, 4) is 5.75 Å². The number of nitrogens with one attached hydrogen (secondary N) is 2. The summed E-state index contributed by atoms with van der Waals surface area (Å²) in [6, 6.07) is 7.73. The Morgan fingerprint density at radius 1 is 1.33 bits per heavy atom. The molecule has 0 saturated heterocycles. The highest BCUT2D eigenvalue weighted by atomic mass is 16.5. The minimum Gasteiger partial charge on any atom is -0.484 e. The summed E-state index contributed by atoms with van der Waals surface area (Å²) in [5.74, 6) is 0.995. The highest BCUT2D eigenvalue weighted by molar-refractivity contribution is 5.78. The highest BCUT2D eigenvalue weighted by Gasteiger charge is 2.11. The molecule has 1 aromatic carbocycles. The van der Waals surface area contributed by atoms with Gasteiger partial charge in [-0.2, -0.15) is 5.10 Å². The van der Waals surface area contributed by atoms with Gasteiger partial charge in [-0.15, -0.1) is 0 Å². The number of H-pyrrole nitrogens is 1. The van der Waals surface area contributed by atoms with Gasteiger partial charge in [-0.1, -0.05) is 26.0 Å². The minimum atomic E-state index is -0.154. The summed E-state index contributed by atoms with van der Waals surface area (Å²) in [6.07, 6.45) is 3.45. The number of ether oxygens (including phenoxy) is 1. The lowest BCUT2D eigenvalue weighted by atomic mass is 10.0. The van der Waals surface area contributed by atoms with Crippen molar-refractivity contribution >= 4 is 5.91 Å². The predicted molar refractivity (Wildman–Crippen MR) is 81.2 cm³/mol. The Morgan fingerprint density at radius 3 is 2.81 bits per heavy atom. The fourth-order valence-corrected chi connectivity index (χ4v) is 1.98. The first-order chi connectivity index (χ1) is 10.1. The number of rotatable bonds is 6. The van der Waals surface area contributed by atoms with Gasteiger partial charge in [0, 0.05) is 11.8 Å². The van der Waals surface area contributed by atoms with Gasteiger partial charge in [-0.3, -0.25) is 9.89 Å². The predicted octanol–water partition coefficient (Wildman–Crippen LogP) is 2.79. The van der Waals surface area contributed by atoms with Gasteiger partial charge in [-0.05, 0) is 30.5 Å². The third kappa shape index (κ3) is 4.34. The first-order valence-corrected chi connectivity index (χ1v) is 7.07. The summed E-state index contributed by atoms with van der Waals surface area (Å²) in [6.45, 7) is 6.16. The Labute approximate surface area is 124 Å². The van der Waals surface area contributed by atoms with Crippen LogP contribution in [0.15, 0.2) is 36.7 Å². The molecule has 0 fully saturated rings. The number of amides is 1. The zero-order valence-electron chi connectivity index (χ0n) is 12.6. The fraction of sp³-hybridized carbons (Fsp3) is 0.375. The topological polar surface area (TPSA) is 67.0 Å². The molecule has 1 heterocycles. The Hall–Kier alpha value is -2.30. The molecule has 0 saturated carbocycles. The molecule has 0 aliphatic carbocycles. The molecule has 2 N–H and O–H groups in total. The molecule has 5 nitrogen and oxygen atoms in total. The van der Waals surface area contributed by atoms with Crippen LogP contribution in [0.25, 0.3) is 0 Å². The highest BCUT2D eigenvalue weighted by Crippen LogP contribution is 2.20. The Balaban J connectivity index is 1.85. The number of hydrogen-bond acceptors (Lipinski definition) is 3. The number of nitrogens with zero attached hydrogens (tertiary/aromatic N) is 1. The molecular formula is C16H21N3O2. The molecule has 1 aromatic heterocycles. The SMILES string of the molecule is CC(C)c1cccc(OCC(=O)NC(C)c2cn[nH]c2)c1. The molecule has 5 heteroatoms. The average molecular weight is 287 g/mol. The van der Waals surface area contributed by atoms with E-state index >= 15 is 0 Å². The van der Waals surface area contributed by atoms with Gasteiger partial charge >= 0.3 is 0 Å². The van der Waals surface area contributed by atoms with Gasteiger partial charge < -0.3 is 10.1 Å². The summed E-state index contributed by atoms with van der Waals surface area (Å²) in [5.41, 5.74) is 2.13. The third-order valence-electron chi connectivity index (χ3n) is 3.29. The molecule has 0 bridgehead atoms. The maximum absolute atomic E-state index is 11.9. The zero-order valence-corrected chi connectivity index (χ0v) is 12.6. The van der Waals surface area contributed by atoms with E-state index in [1.54, 1.807) is 12.4 Å². The molecule has 2 aromatic rings. The fourth-order valence-electron chi connectivity index (χ4n) is 1.98. The van der Waals surface area contributed by atoms with E-state index in [4.69, 9.17) is 4.74 Å². The molecule has 1 atom stereocenters. The number of aromatic amines is 1. The van der Waals surface area contributed by atoms with Crippen LogP contribution < -0.4 is 10.1 Å². The first-order valence-electron chi connectivity index (χ1n) is 7.07. The van der Waals surface area contributed by atoms with Crippen molar-refractivity contribution in [3.63, 3.8) is 0 Å². The van der Waals surface area contributed by atoms with Crippen LogP contribution >= 0.6 is 0 Å². The van der Waals surface area contributed by atoms with Gasteiger partial charge in [-0.25, -0.2) is 0 Å². The van der Waals surface area contributed by atoms with Crippen molar-refractivity contribution in [1.82, 2.24) is 15.5 Å². The van der Waals surface area contributed by atoms with Gasteiger partial charge in [0.25, 0.3) is 5.91 Å². The van der Waals surface area contributed by atoms with E-state index < -0.39 is 0 Å². The van der Waals surface area contributed by atoms with E-state index in [1.807, 2.05) is 25.1 Å². The van der Waals surface area contributed by atoms with Crippen LogP contribution in [0.3, 0.4) is 0 Å². The summed E-state index contributed by atoms with van der Waals surface area (Å²) in [7, 11) is 0. The monoisotopic (exact) mass is 287 g/mol. The standard InChI is InChI=1S/C16H21N3O2/c1-11(2)13-5-4-6-15(7-13)21-10-16(20)19-12(3)14-8-17-18-9-14/h4-9,11-12H,10H2,1-3H3,(H,17,18)(H,19,20). The van der Waals surface area contributed by atoms with Crippen LogP contribution in [0.5, 0.6) is 5.75 Å². The largest absolute Gasteiger partial charge is 0.484 e. The molecule has 0 aliphatic heterocycles. The van der Waals surface area contributed by atoms with Crippen molar-refractivity contribution in [2.75, 3.05) is 6.61 Å². The van der Waals surface area contributed by atoms with Crippen molar-refractivity contribution in [2.45, 2.75) is 32.7 Å². The van der Waals surface area contributed by atoms with Crippen LogP contribution in [0.2, 0.25) is 0 Å². The van der Waals surface area contributed by atoms with Gasteiger partial charge in [0.15, 0.2) is 6.61 Å². The second-order valence-corrected chi connectivity index (χ2v) is 5.34.